The minimum atomic E-state index is -1.64. The fourth-order valence-electron chi connectivity index (χ4n) is 2.96. The van der Waals surface area contributed by atoms with Crippen molar-refractivity contribution in [1.82, 2.24) is 10.6 Å². The van der Waals surface area contributed by atoms with Crippen LogP contribution in [0.15, 0.2) is 24.3 Å². The number of para-hydroxylation sites is 2. The Morgan fingerprint density at radius 1 is 1.17 bits per heavy atom. The molecule has 11 heteroatoms. The van der Waals surface area contributed by atoms with Crippen LogP contribution in [0, 0.1) is 5.92 Å². The molecule has 1 aromatic rings. The Morgan fingerprint density at radius 2 is 1.83 bits per heavy atom. The molecule has 0 fully saturated rings. The predicted molar refractivity (Wildman–Crippen MR) is 106 cm³/mol. The fourth-order valence-corrected chi connectivity index (χ4v) is 2.96. The van der Waals surface area contributed by atoms with Gasteiger partial charge >= 0.3 is 18.0 Å². The maximum Gasteiger partial charge on any atom is 0.326 e. The summed E-state index contributed by atoms with van der Waals surface area (Å²) in [7, 11) is 0. The van der Waals surface area contributed by atoms with Gasteiger partial charge in [-0.3, -0.25) is 19.3 Å². The standard InChI is InChI=1S/C19H24N4O7/c1-3-10(2)16(17(27)21-12(18(28)29)8-15(25)26)22-19(30)23-9-14(24)20-11-6-4-5-7-13(11)23/h4-7,10,12,16H,3,8-9H2,1-2H3,(H,20,24)(H,21,27)(H,22,30)(H,25,26)(H,28,29)/t10-,12+,16+/m1/s1. The van der Waals surface area contributed by atoms with Gasteiger partial charge in [-0.15, -0.1) is 0 Å². The molecule has 0 saturated heterocycles. The number of aliphatic carboxylic acids is 2. The summed E-state index contributed by atoms with van der Waals surface area (Å²) in [5.41, 5.74) is 0.896. The lowest BCUT2D eigenvalue weighted by Gasteiger charge is -2.32. The van der Waals surface area contributed by atoms with Crippen molar-refractivity contribution in [3.63, 3.8) is 0 Å². The van der Waals surface area contributed by atoms with Crippen molar-refractivity contribution in [1.29, 1.82) is 0 Å². The van der Waals surface area contributed by atoms with Crippen LogP contribution in [0.3, 0.4) is 0 Å². The van der Waals surface area contributed by atoms with Gasteiger partial charge in [-0.05, 0) is 18.1 Å². The first-order valence-corrected chi connectivity index (χ1v) is 9.35. The molecule has 0 unspecified atom stereocenters. The molecule has 1 aliphatic rings. The quantitative estimate of drug-likeness (QED) is 0.411. The number of hydrogen-bond donors (Lipinski definition) is 5. The van der Waals surface area contributed by atoms with Gasteiger partial charge in [0.15, 0.2) is 0 Å². The van der Waals surface area contributed by atoms with Gasteiger partial charge in [-0.1, -0.05) is 32.4 Å². The third kappa shape index (κ3) is 5.46. The largest absolute Gasteiger partial charge is 0.481 e. The number of carbonyl (C=O) groups is 5. The van der Waals surface area contributed by atoms with E-state index in [1.54, 1.807) is 38.1 Å². The van der Waals surface area contributed by atoms with Crippen molar-refractivity contribution in [2.75, 3.05) is 16.8 Å². The summed E-state index contributed by atoms with van der Waals surface area (Å²) in [6.07, 6.45) is -0.325. The third-order valence-corrected chi connectivity index (χ3v) is 4.78. The maximum absolute atomic E-state index is 12.9. The lowest BCUT2D eigenvalue weighted by atomic mass is 9.98. The van der Waals surface area contributed by atoms with Crippen LogP contribution in [0.4, 0.5) is 16.2 Å². The zero-order valence-electron chi connectivity index (χ0n) is 16.5. The molecule has 11 nitrogen and oxygen atoms in total. The van der Waals surface area contributed by atoms with Crippen molar-refractivity contribution in [3.05, 3.63) is 24.3 Å². The number of nitrogens with zero attached hydrogens (tertiary/aromatic N) is 1. The normalized spacial score (nSPS) is 15.8. The van der Waals surface area contributed by atoms with Crippen LogP contribution in [0.25, 0.3) is 0 Å². The van der Waals surface area contributed by atoms with Crippen LogP contribution < -0.4 is 20.9 Å². The smallest absolute Gasteiger partial charge is 0.326 e. The number of hydrogen-bond acceptors (Lipinski definition) is 5. The van der Waals surface area contributed by atoms with Crippen molar-refractivity contribution in [2.24, 2.45) is 5.92 Å². The van der Waals surface area contributed by atoms with Crippen LogP contribution >= 0.6 is 0 Å². The van der Waals surface area contributed by atoms with E-state index in [9.17, 15) is 24.0 Å². The number of carbonyl (C=O) groups excluding carboxylic acids is 3. The van der Waals surface area contributed by atoms with E-state index in [2.05, 4.69) is 16.0 Å². The molecule has 2 rings (SSSR count). The van der Waals surface area contributed by atoms with Gasteiger partial charge < -0.3 is 26.2 Å². The molecular formula is C19H24N4O7. The molecule has 30 heavy (non-hydrogen) atoms. The molecule has 0 aromatic heterocycles. The molecule has 1 heterocycles. The minimum absolute atomic E-state index is 0.255. The fraction of sp³-hybridized carbons (Fsp3) is 0.421. The van der Waals surface area contributed by atoms with E-state index in [1.807, 2.05) is 0 Å². The van der Waals surface area contributed by atoms with Gasteiger partial charge in [0.1, 0.15) is 18.6 Å². The van der Waals surface area contributed by atoms with Gasteiger partial charge in [0.05, 0.1) is 17.8 Å². The molecule has 1 aromatic carbocycles. The Kier molecular flexibility index (Phi) is 7.34. The highest BCUT2D eigenvalue weighted by molar-refractivity contribution is 6.10. The van der Waals surface area contributed by atoms with E-state index >= 15 is 0 Å². The van der Waals surface area contributed by atoms with Gasteiger partial charge in [-0.25, -0.2) is 9.59 Å². The Bertz CT molecular complexity index is 857. The Balaban J connectivity index is 2.21. The molecule has 0 radical (unpaired) electrons. The summed E-state index contributed by atoms with van der Waals surface area (Å²) in [6, 6.07) is 3.19. The number of anilines is 2. The number of benzene rings is 1. The summed E-state index contributed by atoms with van der Waals surface area (Å²) in [5.74, 6) is -4.49. The highest BCUT2D eigenvalue weighted by Gasteiger charge is 2.34. The summed E-state index contributed by atoms with van der Waals surface area (Å²) >= 11 is 0. The zero-order chi connectivity index (χ0) is 22.4. The van der Waals surface area contributed by atoms with Gasteiger partial charge in [-0.2, -0.15) is 0 Å². The zero-order valence-corrected chi connectivity index (χ0v) is 16.5. The Morgan fingerprint density at radius 3 is 2.43 bits per heavy atom. The number of rotatable bonds is 8. The van der Waals surface area contributed by atoms with Crippen LogP contribution in [0.2, 0.25) is 0 Å². The maximum atomic E-state index is 12.9. The van der Waals surface area contributed by atoms with Crippen LogP contribution in [0.5, 0.6) is 0 Å². The van der Waals surface area contributed by atoms with E-state index in [-0.39, 0.29) is 12.5 Å². The molecule has 5 N–H and O–H groups in total. The molecule has 1 aliphatic heterocycles. The highest BCUT2D eigenvalue weighted by atomic mass is 16.4. The van der Waals surface area contributed by atoms with Crippen LogP contribution in [0.1, 0.15) is 26.7 Å². The van der Waals surface area contributed by atoms with Crippen molar-refractivity contribution in [2.45, 2.75) is 38.8 Å². The van der Waals surface area contributed by atoms with E-state index in [1.165, 1.54) is 4.90 Å². The molecular weight excluding hydrogens is 396 g/mol. The van der Waals surface area contributed by atoms with Crippen molar-refractivity contribution >= 4 is 41.2 Å². The first-order valence-electron chi connectivity index (χ1n) is 9.35. The highest BCUT2D eigenvalue weighted by Crippen LogP contribution is 2.29. The van der Waals surface area contributed by atoms with Gasteiger partial charge in [0.25, 0.3) is 0 Å². The Labute approximate surface area is 172 Å². The third-order valence-electron chi connectivity index (χ3n) is 4.78. The number of urea groups is 1. The summed E-state index contributed by atoms with van der Waals surface area (Å²) in [6.45, 7) is 3.22. The first-order chi connectivity index (χ1) is 14.1. The summed E-state index contributed by atoms with van der Waals surface area (Å²) < 4.78 is 0. The van der Waals surface area contributed by atoms with E-state index in [0.717, 1.165) is 0 Å². The lowest BCUT2D eigenvalue weighted by molar-refractivity contribution is -0.147. The molecule has 0 aliphatic carbocycles. The minimum Gasteiger partial charge on any atom is -0.481 e. The van der Waals surface area contributed by atoms with Gasteiger partial charge in [0, 0.05) is 0 Å². The first kappa shape index (κ1) is 22.7. The van der Waals surface area contributed by atoms with E-state index in [0.29, 0.717) is 17.8 Å². The van der Waals surface area contributed by atoms with Crippen LogP contribution in [-0.4, -0.2) is 58.6 Å². The second-order valence-electron chi connectivity index (χ2n) is 6.96. The van der Waals surface area contributed by atoms with E-state index < -0.39 is 48.3 Å². The molecule has 162 valence electrons. The van der Waals surface area contributed by atoms with Crippen molar-refractivity contribution < 1.29 is 34.2 Å². The van der Waals surface area contributed by atoms with Gasteiger partial charge in [0.2, 0.25) is 11.8 Å². The van der Waals surface area contributed by atoms with Crippen molar-refractivity contribution in [3.8, 4) is 0 Å². The van der Waals surface area contributed by atoms with Crippen LogP contribution in [-0.2, 0) is 19.2 Å². The molecule has 3 atom stereocenters. The second kappa shape index (κ2) is 9.72. The number of carboxylic acid groups (broad SMARTS) is 2. The second-order valence-corrected chi connectivity index (χ2v) is 6.96. The summed E-state index contributed by atoms with van der Waals surface area (Å²) in [5, 5.41) is 25.4. The molecule has 0 saturated carbocycles. The predicted octanol–water partition coefficient (Wildman–Crippen LogP) is 0.614. The monoisotopic (exact) mass is 420 g/mol. The summed E-state index contributed by atoms with van der Waals surface area (Å²) in [4.78, 5) is 60.8. The van der Waals surface area contributed by atoms with E-state index in [4.69, 9.17) is 10.2 Å². The number of carboxylic acids is 2. The lowest BCUT2D eigenvalue weighted by Crippen LogP contribution is -2.58. The number of amides is 4. The molecule has 0 bridgehead atoms. The number of fused-ring (bicyclic) bond motifs is 1. The topological polar surface area (TPSA) is 165 Å². The number of nitrogens with one attached hydrogen (secondary N) is 3. The Hall–Kier alpha value is -3.63. The molecule has 0 spiro atoms. The SMILES string of the molecule is CC[C@@H](C)[C@H](NC(=O)N1CC(=O)Nc2ccccc21)C(=O)N[C@@H](CC(=O)O)C(=O)O. The average molecular weight is 420 g/mol. The average Bonchev–Trinajstić information content (AvgIpc) is 2.69. The molecule has 4 amide bonds.